The van der Waals surface area contributed by atoms with Crippen molar-refractivity contribution in [2.24, 2.45) is 0 Å². The largest absolute Gasteiger partial charge is 0.496 e. The topological polar surface area (TPSA) is 64.6 Å². The summed E-state index contributed by atoms with van der Waals surface area (Å²) in [7, 11) is 2.97. The van der Waals surface area contributed by atoms with E-state index < -0.39 is 0 Å². The van der Waals surface area contributed by atoms with Crippen molar-refractivity contribution < 1.29 is 19.1 Å². The fraction of sp³-hybridized carbons (Fsp3) is 0.368. The second kappa shape index (κ2) is 7.27. The van der Waals surface area contributed by atoms with Crippen LogP contribution in [0.5, 0.6) is 5.75 Å². The highest BCUT2D eigenvalue weighted by Crippen LogP contribution is 2.38. The van der Waals surface area contributed by atoms with E-state index in [1.807, 2.05) is 6.92 Å². The number of amides is 1. The van der Waals surface area contributed by atoms with E-state index in [4.69, 9.17) is 9.47 Å². The predicted octanol–water partition coefficient (Wildman–Crippen LogP) is 3.98. The van der Waals surface area contributed by atoms with Crippen LogP contribution in [0.2, 0.25) is 0 Å². The van der Waals surface area contributed by atoms with Crippen molar-refractivity contribution in [1.29, 1.82) is 0 Å². The van der Waals surface area contributed by atoms with E-state index in [1.165, 1.54) is 23.3 Å². The number of rotatable bonds is 4. The van der Waals surface area contributed by atoms with Gasteiger partial charge in [-0.05, 0) is 61.9 Å². The van der Waals surface area contributed by atoms with Crippen molar-refractivity contribution in [3.8, 4) is 5.75 Å². The average molecular weight is 359 g/mol. The molecule has 1 aromatic carbocycles. The molecular weight excluding hydrogens is 338 g/mol. The fourth-order valence-corrected chi connectivity index (χ4v) is 4.44. The highest BCUT2D eigenvalue weighted by atomic mass is 32.1. The Morgan fingerprint density at radius 2 is 1.92 bits per heavy atom. The minimum atomic E-state index is -0.388. The number of methoxy groups -OCH3 is 2. The molecule has 5 nitrogen and oxygen atoms in total. The number of anilines is 1. The van der Waals surface area contributed by atoms with Gasteiger partial charge in [0.25, 0.3) is 5.91 Å². The molecule has 2 aromatic rings. The summed E-state index contributed by atoms with van der Waals surface area (Å²) in [4.78, 5) is 26.1. The van der Waals surface area contributed by atoms with Crippen molar-refractivity contribution in [1.82, 2.24) is 0 Å². The zero-order valence-corrected chi connectivity index (χ0v) is 15.4. The van der Waals surface area contributed by atoms with Gasteiger partial charge < -0.3 is 14.8 Å². The predicted molar refractivity (Wildman–Crippen MR) is 98.0 cm³/mol. The van der Waals surface area contributed by atoms with E-state index >= 15 is 0 Å². The zero-order chi connectivity index (χ0) is 18.0. The Morgan fingerprint density at radius 3 is 2.60 bits per heavy atom. The van der Waals surface area contributed by atoms with Crippen LogP contribution in [-0.2, 0) is 17.6 Å². The number of benzene rings is 1. The first-order chi connectivity index (χ1) is 12.0. The molecule has 0 spiro atoms. The van der Waals surface area contributed by atoms with E-state index in [0.717, 1.165) is 42.6 Å². The van der Waals surface area contributed by atoms with Crippen LogP contribution in [0, 0.1) is 6.92 Å². The minimum Gasteiger partial charge on any atom is -0.496 e. The number of carbonyl (C=O) groups excluding carboxylic acids is 2. The number of hydrogen-bond acceptors (Lipinski definition) is 5. The number of ether oxygens (including phenoxy) is 2. The molecule has 0 radical (unpaired) electrons. The first-order valence-corrected chi connectivity index (χ1v) is 9.05. The Bertz CT molecular complexity index is 825. The van der Waals surface area contributed by atoms with Gasteiger partial charge >= 0.3 is 5.97 Å². The van der Waals surface area contributed by atoms with Gasteiger partial charge in [-0.2, -0.15) is 0 Å². The van der Waals surface area contributed by atoms with Crippen molar-refractivity contribution in [3.63, 3.8) is 0 Å². The van der Waals surface area contributed by atoms with Crippen molar-refractivity contribution in [3.05, 3.63) is 45.3 Å². The van der Waals surface area contributed by atoms with Gasteiger partial charge in [-0.25, -0.2) is 4.79 Å². The lowest BCUT2D eigenvalue weighted by molar-refractivity contribution is 0.0601. The summed E-state index contributed by atoms with van der Waals surface area (Å²) in [5.74, 6) is 0.105. The maximum Gasteiger partial charge on any atom is 0.341 e. The molecule has 6 heteroatoms. The van der Waals surface area contributed by atoms with Crippen LogP contribution >= 0.6 is 11.3 Å². The number of nitrogens with one attached hydrogen (secondary N) is 1. The summed E-state index contributed by atoms with van der Waals surface area (Å²) in [6, 6.07) is 5.26. The van der Waals surface area contributed by atoms with Crippen LogP contribution in [0.1, 0.15) is 49.6 Å². The first kappa shape index (κ1) is 17.5. The molecule has 0 fully saturated rings. The molecule has 1 aliphatic carbocycles. The molecule has 1 aliphatic rings. The summed E-state index contributed by atoms with van der Waals surface area (Å²) in [5.41, 5.74) is 2.96. The first-order valence-electron chi connectivity index (χ1n) is 8.24. The summed E-state index contributed by atoms with van der Waals surface area (Å²) in [6.45, 7) is 1.89. The molecule has 0 bridgehead atoms. The van der Waals surface area contributed by atoms with Crippen LogP contribution in [-0.4, -0.2) is 26.1 Å². The van der Waals surface area contributed by atoms with E-state index in [1.54, 1.807) is 25.3 Å². The van der Waals surface area contributed by atoms with Gasteiger partial charge in [-0.15, -0.1) is 11.3 Å². The van der Waals surface area contributed by atoms with Gasteiger partial charge in [0.1, 0.15) is 10.8 Å². The molecule has 1 amide bonds. The van der Waals surface area contributed by atoms with Crippen LogP contribution in [0.25, 0.3) is 0 Å². The van der Waals surface area contributed by atoms with Crippen LogP contribution in [0.15, 0.2) is 18.2 Å². The molecule has 132 valence electrons. The van der Waals surface area contributed by atoms with Gasteiger partial charge in [-0.3, -0.25) is 4.79 Å². The van der Waals surface area contributed by atoms with Crippen LogP contribution in [0.3, 0.4) is 0 Å². The molecule has 1 heterocycles. The van der Waals surface area contributed by atoms with Crippen molar-refractivity contribution in [2.75, 3.05) is 19.5 Å². The third-order valence-corrected chi connectivity index (χ3v) is 5.65. The molecule has 0 atom stereocenters. The standard InChI is InChI=1S/C19H21NO4S/c1-11-10-12(8-9-14(11)23-2)17(21)20-18-16(19(22)24-3)13-6-4-5-7-15(13)25-18/h8-10H,4-7H2,1-3H3,(H,20,21). The van der Waals surface area contributed by atoms with Crippen LogP contribution in [0.4, 0.5) is 5.00 Å². The van der Waals surface area contributed by atoms with Crippen LogP contribution < -0.4 is 10.1 Å². The third kappa shape index (κ3) is 3.39. The molecule has 0 saturated carbocycles. The Morgan fingerprint density at radius 1 is 1.16 bits per heavy atom. The lowest BCUT2D eigenvalue weighted by atomic mass is 9.95. The summed E-state index contributed by atoms with van der Waals surface area (Å²) >= 11 is 1.48. The Kier molecular flexibility index (Phi) is 5.08. The molecule has 25 heavy (non-hydrogen) atoms. The lowest BCUT2D eigenvalue weighted by Crippen LogP contribution is -2.15. The summed E-state index contributed by atoms with van der Waals surface area (Å²) in [6.07, 6.45) is 3.97. The normalized spacial score (nSPS) is 13.1. The van der Waals surface area contributed by atoms with E-state index in [-0.39, 0.29) is 11.9 Å². The lowest BCUT2D eigenvalue weighted by Gasteiger charge is -2.12. The average Bonchev–Trinajstić information content (AvgIpc) is 2.98. The summed E-state index contributed by atoms with van der Waals surface area (Å²) < 4.78 is 10.2. The van der Waals surface area contributed by atoms with Crippen molar-refractivity contribution >= 4 is 28.2 Å². The number of esters is 1. The minimum absolute atomic E-state index is 0.241. The van der Waals surface area contributed by atoms with E-state index in [0.29, 0.717) is 16.1 Å². The molecule has 3 rings (SSSR count). The quantitative estimate of drug-likeness (QED) is 0.839. The smallest absolute Gasteiger partial charge is 0.341 e. The second-order valence-electron chi connectivity index (χ2n) is 6.05. The molecule has 1 aromatic heterocycles. The maximum atomic E-state index is 12.6. The SMILES string of the molecule is COC(=O)c1c(NC(=O)c2ccc(OC)c(C)c2)sc2c1CCCC2. The number of hydrogen-bond donors (Lipinski definition) is 1. The molecule has 0 unspecified atom stereocenters. The van der Waals surface area contributed by atoms with Gasteiger partial charge in [0.05, 0.1) is 19.8 Å². The molecule has 0 saturated heterocycles. The zero-order valence-electron chi connectivity index (χ0n) is 14.6. The molecule has 0 aliphatic heterocycles. The summed E-state index contributed by atoms with van der Waals surface area (Å²) in [5, 5.41) is 3.48. The number of thiophene rings is 1. The fourth-order valence-electron chi connectivity index (χ4n) is 3.17. The van der Waals surface area contributed by atoms with Gasteiger partial charge in [-0.1, -0.05) is 0 Å². The van der Waals surface area contributed by atoms with Gasteiger partial charge in [0, 0.05) is 10.4 Å². The van der Waals surface area contributed by atoms with Gasteiger partial charge in [0.15, 0.2) is 0 Å². The highest BCUT2D eigenvalue weighted by molar-refractivity contribution is 7.17. The Hall–Kier alpha value is -2.34. The molecular formula is C19H21NO4S. The monoisotopic (exact) mass is 359 g/mol. The Balaban J connectivity index is 1.92. The third-order valence-electron chi connectivity index (χ3n) is 4.44. The maximum absolute atomic E-state index is 12.6. The Labute approximate surface area is 151 Å². The van der Waals surface area contributed by atoms with Gasteiger partial charge in [0.2, 0.25) is 0 Å². The van der Waals surface area contributed by atoms with E-state index in [9.17, 15) is 9.59 Å². The van der Waals surface area contributed by atoms with Crippen molar-refractivity contribution in [2.45, 2.75) is 32.6 Å². The van der Waals surface area contributed by atoms with E-state index in [2.05, 4.69) is 5.32 Å². The second-order valence-corrected chi connectivity index (χ2v) is 7.15. The highest BCUT2D eigenvalue weighted by Gasteiger charge is 2.27. The number of fused-ring (bicyclic) bond motifs is 1. The number of aryl methyl sites for hydroxylation is 2. The molecule has 1 N–H and O–H groups in total. The number of carbonyl (C=O) groups is 2.